The first kappa shape index (κ1) is 61.1. The quantitative estimate of drug-likeness (QED) is 0.0400. The lowest BCUT2D eigenvalue weighted by Crippen LogP contribution is -2.25. The first-order valence-electron chi connectivity index (χ1n) is 33.2. The number of benzene rings is 10. The topological polar surface area (TPSA) is 50.5 Å². The molecule has 6 heteroatoms. The molecular weight excluding hydrogens is 1130 g/mol. The minimum atomic E-state index is -0.151. The van der Waals surface area contributed by atoms with Crippen LogP contribution < -0.4 is 9.80 Å². The number of unbranched alkanes of at least 4 members (excludes halogenated alkanes) is 6. The Morgan fingerprint density at radius 3 is 0.968 bits per heavy atom. The lowest BCUT2D eigenvalue weighted by atomic mass is 9.70. The number of rotatable bonds is 26. The molecule has 10 aromatic carbocycles. The molecule has 12 aromatic rings. The van der Waals surface area contributed by atoms with E-state index in [9.17, 15) is 9.59 Å². The summed E-state index contributed by atoms with van der Waals surface area (Å²) in [6.45, 7) is 4.60. The van der Waals surface area contributed by atoms with E-state index < -0.39 is 0 Å². The zero-order chi connectivity index (χ0) is 63.4. The standard InChI is InChI=1S/C87H78N4O2/c1-3-5-7-21-59-87(60-22-8-6-4-2)85-61-69(67-37-49-79(50-38-67)90-77(53-55-81(90)63-92)47-35-65-31-43-75(44-32-65)88(71-23-13-9-14-24-71)72-25-15-10-16-26-72)41-57-83(85)84-58-42-70(62-86(84)87)68-39-51-80(52-40-68)91-78(54-56-82(91)64-93)48-36-66-33-45-76(46-34-66)89(73-27-17-11-18-28-73)74-29-19-12-20-30-74/h9-20,23-58,61-64H,3-8,21-22,59-60H2,1-2H3/b47-35+,48-36+. The minimum absolute atomic E-state index is 0.151. The van der Waals surface area contributed by atoms with Gasteiger partial charge in [-0.3, -0.25) is 9.59 Å². The van der Waals surface area contributed by atoms with Crippen molar-refractivity contribution in [1.29, 1.82) is 0 Å². The largest absolute Gasteiger partial charge is 0.311 e. The van der Waals surface area contributed by atoms with Gasteiger partial charge in [-0.2, -0.15) is 0 Å². The fourth-order valence-corrected chi connectivity index (χ4v) is 13.8. The maximum Gasteiger partial charge on any atom is 0.166 e. The van der Waals surface area contributed by atoms with E-state index in [0.29, 0.717) is 11.4 Å². The Hall–Kier alpha value is -10.8. The first-order valence-corrected chi connectivity index (χ1v) is 33.2. The molecule has 0 saturated heterocycles. The number of hydrogen-bond donors (Lipinski definition) is 0. The Morgan fingerprint density at radius 2 is 0.634 bits per heavy atom. The Balaban J connectivity index is 0.768. The molecule has 0 radical (unpaired) electrons. The van der Waals surface area contributed by atoms with Crippen LogP contribution in [0.4, 0.5) is 34.1 Å². The number of para-hydroxylation sites is 4. The molecule has 93 heavy (non-hydrogen) atoms. The molecule has 0 N–H and O–H groups in total. The number of nitrogens with zero attached hydrogens (tertiary/aromatic N) is 4. The molecule has 0 spiro atoms. The van der Waals surface area contributed by atoms with Crippen LogP contribution in [0.15, 0.2) is 279 Å². The molecule has 6 nitrogen and oxygen atoms in total. The van der Waals surface area contributed by atoms with E-state index >= 15 is 0 Å². The monoisotopic (exact) mass is 1210 g/mol. The Labute approximate surface area is 548 Å². The van der Waals surface area contributed by atoms with E-state index in [1.807, 2.05) is 57.7 Å². The minimum Gasteiger partial charge on any atom is -0.311 e. The van der Waals surface area contributed by atoms with Crippen LogP contribution in [0.5, 0.6) is 0 Å². The van der Waals surface area contributed by atoms with Crippen molar-refractivity contribution in [2.45, 2.75) is 83.5 Å². The second-order valence-electron chi connectivity index (χ2n) is 24.5. The van der Waals surface area contributed by atoms with Crippen molar-refractivity contribution in [2.24, 2.45) is 0 Å². The summed E-state index contributed by atoms with van der Waals surface area (Å²) in [5, 5.41) is 0. The van der Waals surface area contributed by atoms with Gasteiger partial charge < -0.3 is 18.9 Å². The van der Waals surface area contributed by atoms with Crippen molar-refractivity contribution in [1.82, 2.24) is 9.13 Å². The lowest BCUT2D eigenvalue weighted by Gasteiger charge is -2.33. The third-order valence-corrected chi connectivity index (χ3v) is 18.6. The van der Waals surface area contributed by atoms with Crippen LogP contribution in [-0.4, -0.2) is 21.7 Å². The zero-order valence-corrected chi connectivity index (χ0v) is 53.2. The van der Waals surface area contributed by atoms with Gasteiger partial charge in [-0.05, 0) is 214 Å². The molecule has 2 heterocycles. The number of aldehydes is 2. The van der Waals surface area contributed by atoms with Gasteiger partial charge in [0.1, 0.15) is 0 Å². The molecule has 0 atom stereocenters. The average Bonchev–Trinajstić information content (AvgIpc) is 1.57. The zero-order valence-electron chi connectivity index (χ0n) is 53.2. The smallest absolute Gasteiger partial charge is 0.166 e. The molecule has 0 unspecified atom stereocenters. The molecule has 1 aliphatic rings. The number of hydrogen-bond acceptors (Lipinski definition) is 4. The fourth-order valence-electron chi connectivity index (χ4n) is 13.8. The number of fused-ring (bicyclic) bond motifs is 3. The van der Waals surface area contributed by atoms with Crippen molar-refractivity contribution < 1.29 is 9.59 Å². The van der Waals surface area contributed by atoms with Crippen molar-refractivity contribution in [3.05, 3.63) is 324 Å². The third kappa shape index (κ3) is 13.1. The number of anilines is 6. The highest BCUT2D eigenvalue weighted by Gasteiger charge is 2.42. The molecule has 13 rings (SSSR count). The van der Waals surface area contributed by atoms with E-state index in [2.05, 4.69) is 278 Å². The van der Waals surface area contributed by atoms with E-state index in [4.69, 9.17) is 0 Å². The van der Waals surface area contributed by atoms with Gasteiger partial charge in [0.2, 0.25) is 0 Å². The highest BCUT2D eigenvalue weighted by molar-refractivity contribution is 5.88. The van der Waals surface area contributed by atoms with Crippen LogP contribution in [0.3, 0.4) is 0 Å². The van der Waals surface area contributed by atoms with Crippen LogP contribution >= 0.6 is 0 Å². The van der Waals surface area contributed by atoms with Crippen LogP contribution in [0, 0.1) is 0 Å². The number of carbonyl (C=O) groups excluding carboxylic acids is 2. The van der Waals surface area contributed by atoms with Crippen LogP contribution in [0.1, 0.15) is 133 Å². The summed E-state index contributed by atoms with van der Waals surface area (Å²) in [5.74, 6) is 0. The molecular formula is C87H78N4O2. The predicted molar refractivity (Wildman–Crippen MR) is 391 cm³/mol. The van der Waals surface area contributed by atoms with Gasteiger partial charge in [-0.25, -0.2) is 0 Å². The summed E-state index contributed by atoms with van der Waals surface area (Å²) < 4.78 is 4.09. The van der Waals surface area contributed by atoms with Crippen LogP contribution in [-0.2, 0) is 5.41 Å². The summed E-state index contributed by atoms with van der Waals surface area (Å²) >= 11 is 0. The Kier molecular flexibility index (Phi) is 18.8. The SMILES string of the molecule is CCCCCCC1(CCCCCC)c2cc(-c3ccc(-n4c(C=O)ccc4/C=C/c4ccc(N(c5ccccc5)c5ccccc5)cc4)cc3)ccc2-c2ccc(-c3ccc(-n4c(C=O)ccc4/C=C/c4ccc(N(c5ccccc5)c5ccccc5)cc4)cc3)cc21. The highest BCUT2D eigenvalue weighted by atomic mass is 16.1. The number of carbonyl (C=O) groups is 2. The van der Waals surface area contributed by atoms with E-state index in [1.165, 1.54) is 71.9 Å². The Morgan fingerprint density at radius 1 is 0.312 bits per heavy atom. The fraction of sp³-hybridized carbons (Fsp3) is 0.149. The molecule has 0 aliphatic heterocycles. The molecule has 0 bridgehead atoms. The third-order valence-electron chi connectivity index (χ3n) is 18.6. The molecule has 1 aliphatic carbocycles. The molecule has 2 aromatic heterocycles. The summed E-state index contributed by atoms with van der Waals surface area (Å²) in [7, 11) is 0. The van der Waals surface area contributed by atoms with E-state index in [0.717, 1.165) is 117 Å². The second kappa shape index (κ2) is 28.6. The summed E-state index contributed by atoms with van der Waals surface area (Å²) in [4.78, 5) is 29.8. The summed E-state index contributed by atoms with van der Waals surface area (Å²) in [6.07, 6.45) is 22.1. The lowest BCUT2D eigenvalue weighted by molar-refractivity contribution is 0.111. The summed E-state index contributed by atoms with van der Waals surface area (Å²) in [6, 6.07) is 98.7. The van der Waals surface area contributed by atoms with Gasteiger partial charge in [-0.1, -0.05) is 223 Å². The van der Waals surface area contributed by atoms with Gasteiger partial charge in [0.15, 0.2) is 12.6 Å². The normalized spacial score (nSPS) is 12.3. The van der Waals surface area contributed by atoms with Crippen LogP contribution in [0.25, 0.3) is 69.1 Å². The second-order valence-corrected chi connectivity index (χ2v) is 24.5. The van der Waals surface area contributed by atoms with Gasteiger partial charge in [-0.15, -0.1) is 0 Å². The van der Waals surface area contributed by atoms with Gasteiger partial charge in [0.05, 0.1) is 11.4 Å². The molecule has 0 saturated carbocycles. The highest BCUT2D eigenvalue weighted by Crippen LogP contribution is 2.56. The Bertz CT molecular complexity index is 4150. The van der Waals surface area contributed by atoms with Crippen LogP contribution in [0.2, 0.25) is 0 Å². The predicted octanol–water partition coefficient (Wildman–Crippen LogP) is 23.7. The van der Waals surface area contributed by atoms with Gasteiger partial charge >= 0.3 is 0 Å². The molecule has 458 valence electrons. The first-order chi connectivity index (χ1) is 45.9. The molecule has 0 fully saturated rings. The van der Waals surface area contributed by atoms with Crippen molar-refractivity contribution in [2.75, 3.05) is 9.80 Å². The van der Waals surface area contributed by atoms with E-state index in [-0.39, 0.29) is 5.41 Å². The average molecular weight is 1210 g/mol. The van der Waals surface area contributed by atoms with Gasteiger partial charge in [0, 0.05) is 62.3 Å². The molecule has 0 amide bonds. The maximum atomic E-state index is 12.7. The van der Waals surface area contributed by atoms with E-state index in [1.54, 1.807) is 0 Å². The maximum absolute atomic E-state index is 12.7. The van der Waals surface area contributed by atoms with Crippen molar-refractivity contribution in [3.63, 3.8) is 0 Å². The summed E-state index contributed by atoms with van der Waals surface area (Å²) in [5.41, 5.74) is 23.6. The number of aromatic nitrogens is 2. The van der Waals surface area contributed by atoms with Crippen molar-refractivity contribution >= 4 is 71.0 Å². The van der Waals surface area contributed by atoms with Crippen molar-refractivity contribution in [3.8, 4) is 44.8 Å². The van der Waals surface area contributed by atoms with Gasteiger partial charge in [0.25, 0.3) is 0 Å².